The minimum Gasteiger partial charge on any atom is -0.497 e. The Labute approximate surface area is 160 Å². The number of carbonyl (C=O) groups is 1. The molecule has 0 bridgehead atoms. The summed E-state index contributed by atoms with van der Waals surface area (Å²) in [5.41, 5.74) is 1.81. The number of benzene rings is 2. The molecular formula is C20H20F3N3O2. The van der Waals surface area contributed by atoms with Crippen LogP contribution in [0.25, 0.3) is 0 Å². The zero-order valence-corrected chi connectivity index (χ0v) is 15.7. The summed E-state index contributed by atoms with van der Waals surface area (Å²) >= 11 is 0. The maximum atomic E-state index is 13.6. The van der Waals surface area contributed by atoms with Crippen molar-refractivity contribution in [1.29, 1.82) is 0 Å². The number of hydrogen-bond donors (Lipinski definition) is 1. The van der Waals surface area contributed by atoms with Crippen molar-refractivity contribution >= 4 is 17.6 Å². The Kier molecular flexibility index (Phi) is 5.58. The van der Waals surface area contributed by atoms with Crippen molar-refractivity contribution in [2.75, 3.05) is 12.4 Å². The third-order valence-corrected chi connectivity index (χ3v) is 4.58. The van der Waals surface area contributed by atoms with Gasteiger partial charge in [-0.15, -0.1) is 0 Å². The number of halogens is 3. The first-order chi connectivity index (χ1) is 13.3. The minimum atomic E-state index is -1.51. The molecule has 2 aromatic rings. The number of aliphatic imine (C=N–C) groups is 1. The summed E-state index contributed by atoms with van der Waals surface area (Å²) in [7, 11) is 1.57. The topological polar surface area (TPSA) is 53.9 Å². The van der Waals surface area contributed by atoms with Crippen LogP contribution >= 0.6 is 0 Å². The number of carbonyl (C=O) groups excluding carboxylic acids is 1. The number of ether oxygens (including phenoxy) is 1. The molecule has 148 valence electrons. The molecule has 0 saturated carbocycles. The first-order valence-corrected chi connectivity index (χ1v) is 8.71. The van der Waals surface area contributed by atoms with Crippen molar-refractivity contribution in [2.24, 2.45) is 4.99 Å². The lowest BCUT2D eigenvalue weighted by Crippen LogP contribution is -2.46. The molecule has 1 N–H and O–H groups in total. The van der Waals surface area contributed by atoms with Crippen LogP contribution in [0.5, 0.6) is 5.75 Å². The van der Waals surface area contributed by atoms with E-state index in [-0.39, 0.29) is 36.4 Å². The zero-order chi connectivity index (χ0) is 20.4. The molecule has 0 aromatic heterocycles. The van der Waals surface area contributed by atoms with Crippen LogP contribution in [0.15, 0.2) is 35.3 Å². The first-order valence-electron chi connectivity index (χ1n) is 8.71. The van der Waals surface area contributed by atoms with E-state index < -0.39 is 17.5 Å². The quantitative estimate of drug-likeness (QED) is 0.801. The molecule has 28 heavy (non-hydrogen) atoms. The van der Waals surface area contributed by atoms with Gasteiger partial charge in [0.25, 0.3) is 5.91 Å². The van der Waals surface area contributed by atoms with Gasteiger partial charge in [-0.2, -0.15) is 4.99 Å². The average molecular weight is 391 g/mol. The van der Waals surface area contributed by atoms with Crippen LogP contribution in [0, 0.1) is 24.4 Å². The Hall–Kier alpha value is -3.03. The van der Waals surface area contributed by atoms with Gasteiger partial charge >= 0.3 is 0 Å². The van der Waals surface area contributed by atoms with Crippen LogP contribution in [0.1, 0.15) is 24.5 Å². The van der Waals surface area contributed by atoms with Gasteiger partial charge in [-0.3, -0.25) is 4.79 Å². The molecule has 0 spiro atoms. The standard InChI is InChI=1S/C20H20F3N3O2/c1-11-6-14(28-3)4-5-17(11)24-20-25-18(27)7-12(2)26(20)10-13-8-15(21)19(23)16(22)9-13/h4-6,8-9,12H,7,10H2,1-3H3,(H,24,25,27). The highest BCUT2D eigenvalue weighted by Gasteiger charge is 2.27. The van der Waals surface area contributed by atoms with E-state index in [0.717, 1.165) is 17.7 Å². The molecule has 0 aliphatic carbocycles. The van der Waals surface area contributed by atoms with Gasteiger partial charge in [-0.05, 0) is 55.3 Å². The van der Waals surface area contributed by atoms with Crippen LogP contribution in [0.2, 0.25) is 0 Å². The number of anilines is 1. The minimum absolute atomic E-state index is 0.0591. The Morgan fingerprint density at radius 2 is 1.89 bits per heavy atom. The van der Waals surface area contributed by atoms with E-state index in [1.54, 1.807) is 24.1 Å². The zero-order valence-electron chi connectivity index (χ0n) is 15.7. The smallest absolute Gasteiger partial charge is 0.250 e. The maximum Gasteiger partial charge on any atom is 0.250 e. The maximum absolute atomic E-state index is 13.6. The summed E-state index contributed by atoms with van der Waals surface area (Å²) in [6.07, 6.45) is 0.166. The Morgan fingerprint density at radius 1 is 1.21 bits per heavy atom. The van der Waals surface area contributed by atoms with E-state index in [1.165, 1.54) is 0 Å². The molecule has 1 unspecified atom stereocenters. The highest BCUT2D eigenvalue weighted by atomic mass is 19.2. The Balaban J connectivity index is 1.90. The second-order valence-electron chi connectivity index (χ2n) is 6.69. The third-order valence-electron chi connectivity index (χ3n) is 4.58. The SMILES string of the molecule is COc1ccc(NC2=NC(=O)CC(C)N2Cc2cc(F)c(F)c(F)c2)c(C)c1. The fraction of sp³-hybridized carbons (Fsp3) is 0.300. The molecule has 1 aliphatic rings. The Morgan fingerprint density at radius 3 is 2.50 bits per heavy atom. The van der Waals surface area contributed by atoms with E-state index in [0.29, 0.717) is 11.4 Å². The van der Waals surface area contributed by atoms with Crippen molar-refractivity contribution < 1.29 is 22.7 Å². The molecule has 2 aromatic carbocycles. The number of amides is 1. The summed E-state index contributed by atoms with van der Waals surface area (Å²) in [4.78, 5) is 17.7. The van der Waals surface area contributed by atoms with Gasteiger partial charge in [-0.25, -0.2) is 13.2 Å². The molecule has 1 aliphatic heterocycles. The molecule has 1 heterocycles. The lowest BCUT2D eigenvalue weighted by molar-refractivity contribution is -0.119. The normalized spacial score (nSPS) is 16.8. The second kappa shape index (κ2) is 7.92. The van der Waals surface area contributed by atoms with Crippen molar-refractivity contribution in [3.63, 3.8) is 0 Å². The van der Waals surface area contributed by atoms with E-state index in [4.69, 9.17) is 4.74 Å². The fourth-order valence-electron chi connectivity index (χ4n) is 3.05. The summed E-state index contributed by atoms with van der Waals surface area (Å²) in [6, 6.07) is 7.00. The molecule has 1 amide bonds. The van der Waals surface area contributed by atoms with Gasteiger partial charge in [-0.1, -0.05) is 0 Å². The van der Waals surface area contributed by atoms with Crippen LogP contribution in [0.4, 0.5) is 18.9 Å². The van der Waals surface area contributed by atoms with Gasteiger partial charge in [0.2, 0.25) is 5.96 Å². The van der Waals surface area contributed by atoms with E-state index in [1.807, 2.05) is 19.9 Å². The number of hydrogen-bond acceptors (Lipinski definition) is 4. The number of nitrogens with one attached hydrogen (secondary N) is 1. The second-order valence-corrected chi connectivity index (χ2v) is 6.69. The van der Waals surface area contributed by atoms with Crippen LogP contribution in [-0.2, 0) is 11.3 Å². The van der Waals surface area contributed by atoms with Gasteiger partial charge in [0, 0.05) is 24.7 Å². The van der Waals surface area contributed by atoms with Crippen LogP contribution in [-0.4, -0.2) is 29.9 Å². The van der Waals surface area contributed by atoms with Gasteiger partial charge in [0.1, 0.15) is 5.75 Å². The molecule has 0 radical (unpaired) electrons. The van der Waals surface area contributed by atoms with Gasteiger partial charge < -0.3 is 15.0 Å². The number of guanidine groups is 1. The largest absolute Gasteiger partial charge is 0.497 e. The molecule has 5 nitrogen and oxygen atoms in total. The van der Waals surface area contributed by atoms with Crippen molar-refractivity contribution in [2.45, 2.75) is 32.9 Å². The van der Waals surface area contributed by atoms with E-state index >= 15 is 0 Å². The molecule has 3 rings (SSSR count). The average Bonchev–Trinajstić information content (AvgIpc) is 2.64. The number of nitrogens with zero attached hydrogens (tertiary/aromatic N) is 2. The molecule has 1 atom stereocenters. The number of aryl methyl sites for hydroxylation is 1. The monoisotopic (exact) mass is 391 g/mol. The highest BCUT2D eigenvalue weighted by molar-refractivity contribution is 6.03. The molecule has 0 saturated heterocycles. The summed E-state index contributed by atoms with van der Waals surface area (Å²) in [5.74, 6) is -3.36. The van der Waals surface area contributed by atoms with Gasteiger partial charge in [0.15, 0.2) is 17.5 Å². The van der Waals surface area contributed by atoms with E-state index in [9.17, 15) is 18.0 Å². The Bertz CT molecular complexity index is 923. The van der Waals surface area contributed by atoms with Crippen LogP contribution < -0.4 is 10.1 Å². The third kappa shape index (κ3) is 4.11. The fourth-order valence-corrected chi connectivity index (χ4v) is 3.05. The molecular weight excluding hydrogens is 371 g/mol. The number of rotatable bonds is 4. The van der Waals surface area contributed by atoms with Gasteiger partial charge in [0.05, 0.1) is 7.11 Å². The molecule has 0 fully saturated rings. The highest BCUT2D eigenvalue weighted by Crippen LogP contribution is 2.24. The van der Waals surface area contributed by atoms with Crippen molar-refractivity contribution in [3.05, 3.63) is 58.9 Å². The predicted molar refractivity (Wildman–Crippen MR) is 99.7 cm³/mol. The summed E-state index contributed by atoms with van der Waals surface area (Å²) in [5, 5.41) is 3.11. The lowest BCUT2D eigenvalue weighted by atomic mass is 10.1. The number of methoxy groups -OCH3 is 1. The van der Waals surface area contributed by atoms with E-state index in [2.05, 4.69) is 10.3 Å². The van der Waals surface area contributed by atoms with Crippen LogP contribution in [0.3, 0.4) is 0 Å². The lowest BCUT2D eigenvalue weighted by Gasteiger charge is -2.35. The molecule has 8 heteroatoms. The van der Waals surface area contributed by atoms with Crippen molar-refractivity contribution in [3.8, 4) is 5.75 Å². The first kappa shape index (κ1) is 19.7. The van der Waals surface area contributed by atoms with Crippen molar-refractivity contribution in [1.82, 2.24) is 4.90 Å². The predicted octanol–water partition coefficient (Wildman–Crippen LogP) is 4.01. The summed E-state index contributed by atoms with van der Waals surface area (Å²) < 4.78 is 45.6. The summed E-state index contributed by atoms with van der Waals surface area (Å²) in [6.45, 7) is 3.74.